The van der Waals surface area contributed by atoms with Crippen molar-refractivity contribution in [2.75, 3.05) is 13.1 Å². The molecule has 0 aliphatic carbocycles. The molecule has 2 rings (SSSR count). The highest BCUT2D eigenvalue weighted by Gasteiger charge is 2.24. The maximum absolute atomic E-state index is 10.1. The average molecular weight is 216 g/mol. The molecule has 6 heteroatoms. The van der Waals surface area contributed by atoms with E-state index < -0.39 is 10.3 Å². The first-order valence-electron chi connectivity index (χ1n) is 4.18. The Morgan fingerprint density at radius 3 is 1.79 bits per heavy atom. The minimum atomic E-state index is -3.83. The topological polar surface area (TPSA) is 70.5 Å². The van der Waals surface area contributed by atoms with Crippen LogP contribution in [-0.4, -0.2) is 35.3 Å². The molecule has 1 aromatic rings. The second-order valence-corrected chi connectivity index (χ2v) is 4.17. The summed E-state index contributed by atoms with van der Waals surface area (Å²) in [5.41, 5.74) is 0. The molecular weight excluding hydrogens is 204 g/mol. The van der Waals surface area contributed by atoms with Gasteiger partial charge in [-0.15, -0.1) is 0 Å². The van der Waals surface area contributed by atoms with Crippen molar-refractivity contribution in [2.24, 2.45) is 0 Å². The third kappa shape index (κ3) is 3.82. The molecule has 0 unspecified atom stereocenters. The predicted octanol–water partition coefficient (Wildman–Crippen LogP) is 0.576. The smallest absolute Gasteiger partial charge is 0.273 e. The van der Waals surface area contributed by atoms with Gasteiger partial charge in [-0.1, -0.05) is 6.07 Å². The largest absolute Gasteiger partial charge is 0.335 e. The van der Waals surface area contributed by atoms with E-state index in [9.17, 15) is 8.42 Å². The third-order valence-electron chi connectivity index (χ3n) is 1.71. The standard InChI is InChI=1S/C5H5N.C3H7NO3S/c1-2-4-6-5-3-1;5-8(6,7)4-2-1-3-4/h1-5H;1-3H2,(H,5,6,7). The summed E-state index contributed by atoms with van der Waals surface area (Å²) in [6, 6.07) is 5.72. The van der Waals surface area contributed by atoms with Gasteiger partial charge >= 0.3 is 10.3 Å². The molecule has 5 nitrogen and oxygen atoms in total. The third-order valence-corrected chi connectivity index (χ3v) is 2.73. The zero-order valence-corrected chi connectivity index (χ0v) is 8.39. The van der Waals surface area contributed by atoms with Crippen LogP contribution in [0.5, 0.6) is 0 Å². The molecular formula is C8H12N2O3S. The monoisotopic (exact) mass is 216 g/mol. The van der Waals surface area contributed by atoms with Gasteiger partial charge in [-0.25, -0.2) is 0 Å². The van der Waals surface area contributed by atoms with E-state index in [2.05, 4.69) is 4.98 Å². The predicted molar refractivity (Wildman–Crippen MR) is 52.0 cm³/mol. The van der Waals surface area contributed by atoms with Gasteiger partial charge in [0.05, 0.1) is 0 Å². The van der Waals surface area contributed by atoms with Gasteiger partial charge < -0.3 is 0 Å². The lowest BCUT2D eigenvalue weighted by atomic mass is 10.3. The molecule has 1 N–H and O–H groups in total. The Balaban J connectivity index is 0.000000146. The first kappa shape index (κ1) is 11.1. The van der Waals surface area contributed by atoms with Crippen molar-refractivity contribution >= 4 is 10.3 Å². The maximum Gasteiger partial charge on any atom is 0.335 e. The van der Waals surface area contributed by atoms with Crippen LogP contribution >= 0.6 is 0 Å². The van der Waals surface area contributed by atoms with Gasteiger partial charge in [0.2, 0.25) is 0 Å². The zero-order chi connectivity index (χ0) is 10.4. The molecule has 0 atom stereocenters. The molecule has 0 spiro atoms. The van der Waals surface area contributed by atoms with Gasteiger partial charge in [-0.05, 0) is 18.6 Å². The van der Waals surface area contributed by atoms with Crippen molar-refractivity contribution in [1.29, 1.82) is 0 Å². The summed E-state index contributed by atoms with van der Waals surface area (Å²) in [4.78, 5) is 3.78. The van der Waals surface area contributed by atoms with Crippen LogP contribution < -0.4 is 0 Å². The molecule has 0 amide bonds. The number of hydrogen-bond acceptors (Lipinski definition) is 3. The van der Waals surface area contributed by atoms with E-state index in [-0.39, 0.29) is 0 Å². The number of hydrogen-bond donors (Lipinski definition) is 1. The molecule has 1 saturated heterocycles. The fraction of sp³-hybridized carbons (Fsp3) is 0.375. The van der Waals surface area contributed by atoms with E-state index in [1.807, 2.05) is 18.2 Å². The Kier molecular flexibility index (Phi) is 3.99. The molecule has 1 aliphatic rings. The van der Waals surface area contributed by atoms with Crippen molar-refractivity contribution in [3.05, 3.63) is 30.6 Å². The van der Waals surface area contributed by atoms with E-state index >= 15 is 0 Å². The van der Waals surface area contributed by atoms with Gasteiger partial charge in [-0.3, -0.25) is 9.54 Å². The first-order valence-corrected chi connectivity index (χ1v) is 5.58. The lowest BCUT2D eigenvalue weighted by molar-refractivity contribution is 0.274. The molecule has 0 aromatic carbocycles. The quantitative estimate of drug-likeness (QED) is 0.697. The second kappa shape index (κ2) is 5.04. The summed E-state index contributed by atoms with van der Waals surface area (Å²) in [7, 11) is -3.83. The maximum atomic E-state index is 10.1. The number of aromatic nitrogens is 1. The highest BCUT2D eigenvalue weighted by Crippen LogP contribution is 2.08. The van der Waals surface area contributed by atoms with Crippen LogP contribution in [0.2, 0.25) is 0 Å². The Hall–Kier alpha value is -0.980. The second-order valence-electron chi connectivity index (χ2n) is 2.75. The molecule has 1 aromatic heterocycles. The summed E-state index contributed by atoms with van der Waals surface area (Å²) in [5.74, 6) is 0. The molecule has 0 bridgehead atoms. The van der Waals surface area contributed by atoms with E-state index in [4.69, 9.17) is 4.55 Å². The molecule has 78 valence electrons. The molecule has 0 saturated carbocycles. The number of rotatable bonds is 1. The van der Waals surface area contributed by atoms with Crippen molar-refractivity contribution < 1.29 is 13.0 Å². The van der Waals surface area contributed by atoms with Gasteiger partial charge in [-0.2, -0.15) is 12.7 Å². The van der Waals surface area contributed by atoms with E-state index in [0.717, 1.165) is 10.7 Å². The number of pyridine rings is 1. The Bertz CT molecular complexity index is 321. The van der Waals surface area contributed by atoms with Crippen molar-refractivity contribution in [1.82, 2.24) is 9.29 Å². The van der Waals surface area contributed by atoms with Crippen molar-refractivity contribution in [3.8, 4) is 0 Å². The average Bonchev–Trinajstić information content (AvgIpc) is 2.02. The van der Waals surface area contributed by atoms with Crippen molar-refractivity contribution in [3.63, 3.8) is 0 Å². The molecule has 14 heavy (non-hydrogen) atoms. The van der Waals surface area contributed by atoms with E-state index in [1.165, 1.54) is 0 Å². The lowest BCUT2D eigenvalue weighted by Crippen LogP contribution is -2.41. The lowest BCUT2D eigenvalue weighted by Gasteiger charge is -2.25. The van der Waals surface area contributed by atoms with Gasteiger partial charge in [0.15, 0.2) is 0 Å². The van der Waals surface area contributed by atoms with Crippen LogP contribution in [0.3, 0.4) is 0 Å². The summed E-state index contributed by atoms with van der Waals surface area (Å²) in [5, 5.41) is 0. The highest BCUT2D eigenvalue weighted by molar-refractivity contribution is 7.83. The summed E-state index contributed by atoms with van der Waals surface area (Å²) < 4.78 is 29.4. The van der Waals surface area contributed by atoms with Crippen LogP contribution in [0.4, 0.5) is 0 Å². The fourth-order valence-electron chi connectivity index (χ4n) is 0.831. The van der Waals surface area contributed by atoms with Gasteiger partial charge in [0.1, 0.15) is 0 Å². The Morgan fingerprint density at radius 2 is 1.71 bits per heavy atom. The SMILES string of the molecule is O=S(=O)(O)N1CCC1.c1ccncc1. The van der Waals surface area contributed by atoms with Gasteiger partial charge in [0.25, 0.3) is 0 Å². The minimum absolute atomic E-state index is 0.471. The van der Waals surface area contributed by atoms with Crippen molar-refractivity contribution in [2.45, 2.75) is 6.42 Å². The Morgan fingerprint density at radius 1 is 1.14 bits per heavy atom. The fourth-order valence-corrected chi connectivity index (χ4v) is 1.55. The van der Waals surface area contributed by atoms with Gasteiger partial charge in [0, 0.05) is 25.5 Å². The highest BCUT2D eigenvalue weighted by atomic mass is 32.2. The van der Waals surface area contributed by atoms with Crippen LogP contribution in [-0.2, 0) is 10.3 Å². The van der Waals surface area contributed by atoms with E-state index in [0.29, 0.717) is 13.1 Å². The molecule has 1 aliphatic heterocycles. The zero-order valence-electron chi connectivity index (χ0n) is 7.57. The summed E-state index contributed by atoms with van der Waals surface area (Å²) >= 11 is 0. The van der Waals surface area contributed by atoms with E-state index in [1.54, 1.807) is 12.4 Å². The van der Waals surface area contributed by atoms with Crippen LogP contribution in [0, 0.1) is 0 Å². The van der Waals surface area contributed by atoms with Crippen LogP contribution in [0.25, 0.3) is 0 Å². The summed E-state index contributed by atoms with van der Waals surface area (Å²) in [6.07, 6.45) is 4.36. The Labute approximate surface area is 83.3 Å². The summed E-state index contributed by atoms with van der Waals surface area (Å²) in [6.45, 7) is 0.942. The normalized spacial score (nSPS) is 16.4. The molecule has 1 fully saturated rings. The first-order chi connectivity index (χ1) is 6.61. The van der Waals surface area contributed by atoms with Crippen LogP contribution in [0.15, 0.2) is 30.6 Å². The number of nitrogens with zero attached hydrogens (tertiary/aromatic N) is 2. The molecule has 2 heterocycles. The minimum Gasteiger partial charge on any atom is -0.273 e. The van der Waals surface area contributed by atoms with Crippen LogP contribution in [0.1, 0.15) is 6.42 Å². The molecule has 0 radical (unpaired) electrons.